The molecule has 0 aliphatic carbocycles. The number of ether oxygens (including phenoxy) is 1. The Hall–Kier alpha value is -0.740. The summed E-state index contributed by atoms with van der Waals surface area (Å²) in [5.41, 5.74) is 0. The summed E-state index contributed by atoms with van der Waals surface area (Å²) in [5.74, 6) is 0.361. The summed E-state index contributed by atoms with van der Waals surface area (Å²) >= 11 is 5.72. The molecule has 0 aliphatic rings. The van der Waals surface area contributed by atoms with Gasteiger partial charge in [-0.15, -0.1) is 0 Å². The van der Waals surface area contributed by atoms with Crippen molar-refractivity contribution in [2.45, 2.75) is 11.8 Å². The number of hydrogen-bond acceptors (Lipinski definition) is 3. The molecule has 0 N–H and O–H groups in total. The first kappa shape index (κ1) is 11.3. The van der Waals surface area contributed by atoms with E-state index in [1.165, 1.54) is 13.2 Å². The van der Waals surface area contributed by atoms with E-state index in [1.807, 2.05) is 0 Å². The van der Waals surface area contributed by atoms with E-state index in [4.69, 9.17) is 16.3 Å². The number of rotatable bonds is 3. The molecule has 78 valence electrons. The summed E-state index contributed by atoms with van der Waals surface area (Å²) in [5, 5.41) is 0.387. The van der Waals surface area contributed by atoms with Crippen molar-refractivity contribution in [3.8, 4) is 5.75 Å². The second-order valence-corrected chi connectivity index (χ2v) is 5.38. The van der Waals surface area contributed by atoms with Gasteiger partial charge in [0.05, 0.1) is 12.9 Å². The molecule has 0 saturated carbocycles. The maximum Gasteiger partial charge on any atom is 0.181 e. The highest BCUT2D eigenvalue weighted by atomic mass is 35.5. The van der Waals surface area contributed by atoms with Gasteiger partial charge in [0, 0.05) is 5.02 Å². The van der Waals surface area contributed by atoms with Crippen molar-refractivity contribution in [2.24, 2.45) is 0 Å². The quantitative estimate of drug-likeness (QED) is 0.805. The normalized spacial score (nSPS) is 11.4. The van der Waals surface area contributed by atoms with Crippen LogP contribution < -0.4 is 4.74 Å². The highest BCUT2D eigenvalue weighted by molar-refractivity contribution is 7.91. The lowest BCUT2D eigenvalue weighted by Gasteiger charge is -2.07. The Morgan fingerprint density at radius 3 is 2.57 bits per heavy atom. The largest absolute Gasteiger partial charge is 0.495 e. The molecule has 0 radical (unpaired) electrons. The van der Waals surface area contributed by atoms with Crippen LogP contribution in [0, 0.1) is 0 Å². The maximum absolute atomic E-state index is 11.6. The zero-order valence-electron chi connectivity index (χ0n) is 7.95. The number of halogens is 1. The van der Waals surface area contributed by atoms with Gasteiger partial charge in [0.25, 0.3) is 0 Å². The minimum absolute atomic E-state index is 0.0315. The van der Waals surface area contributed by atoms with Gasteiger partial charge >= 0.3 is 0 Å². The molecule has 0 saturated heterocycles. The van der Waals surface area contributed by atoms with E-state index < -0.39 is 9.84 Å². The topological polar surface area (TPSA) is 43.4 Å². The van der Waals surface area contributed by atoms with Gasteiger partial charge in [0.2, 0.25) is 0 Å². The molecular weight excluding hydrogens is 224 g/mol. The zero-order chi connectivity index (χ0) is 10.8. The molecule has 0 amide bonds. The lowest BCUT2D eigenvalue weighted by molar-refractivity contribution is 0.403. The Labute approximate surface area is 88.6 Å². The zero-order valence-corrected chi connectivity index (χ0v) is 9.52. The summed E-state index contributed by atoms with van der Waals surface area (Å²) in [6, 6.07) is 4.54. The highest BCUT2D eigenvalue weighted by Gasteiger charge is 2.17. The van der Waals surface area contributed by atoms with Crippen molar-refractivity contribution < 1.29 is 13.2 Å². The van der Waals surface area contributed by atoms with Crippen molar-refractivity contribution in [3.05, 3.63) is 23.2 Å². The van der Waals surface area contributed by atoms with Crippen LogP contribution in [-0.4, -0.2) is 21.3 Å². The van der Waals surface area contributed by atoms with Gasteiger partial charge in [0.1, 0.15) is 10.6 Å². The lowest BCUT2D eigenvalue weighted by Crippen LogP contribution is -2.05. The molecule has 0 spiro atoms. The molecule has 0 fully saturated rings. The van der Waals surface area contributed by atoms with E-state index in [2.05, 4.69) is 0 Å². The molecule has 0 unspecified atom stereocenters. The van der Waals surface area contributed by atoms with E-state index >= 15 is 0 Å². The maximum atomic E-state index is 11.6. The van der Waals surface area contributed by atoms with E-state index in [-0.39, 0.29) is 10.6 Å². The highest BCUT2D eigenvalue weighted by Crippen LogP contribution is 2.27. The van der Waals surface area contributed by atoms with Crippen LogP contribution in [0.3, 0.4) is 0 Å². The first-order valence-electron chi connectivity index (χ1n) is 4.07. The van der Waals surface area contributed by atoms with Gasteiger partial charge < -0.3 is 4.74 Å². The summed E-state index contributed by atoms with van der Waals surface area (Å²) in [6.07, 6.45) is 0. The number of methoxy groups -OCH3 is 1. The SMILES string of the molecule is CCS(=O)(=O)c1cc(Cl)ccc1OC. The Bertz CT molecular complexity index is 426. The molecular formula is C9H11ClO3S. The van der Waals surface area contributed by atoms with Crippen LogP contribution in [0.2, 0.25) is 5.02 Å². The Morgan fingerprint density at radius 1 is 1.43 bits per heavy atom. The molecule has 1 aromatic rings. The minimum atomic E-state index is -3.27. The molecule has 0 aromatic heterocycles. The Balaban J connectivity index is 3.39. The van der Waals surface area contributed by atoms with E-state index in [0.717, 1.165) is 0 Å². The van der Waals surface area contributed by atoms with Crippen LogP contribution in [0.4, 0.5) is 0 Å². The van der Waals surface area contributed by atoms with Crippen molar-refractivity contribution in [1.29, 1.82) is 0 Å². The summed E-state index contributed by atoms with van der Waals surface area (Å²) < 4.78 is 28.1. The van der Waals surface area contributed by atoms with Crippen LogP contribution in [0.15, 0.2) is 23.1 Å². The predicted molar refractivity (Wildman–Crippen MR) is 55.7 cm³/mol. The summed E-state index contributed by atoms with van der Waals surface area (Å²) in [7, 11) is -1.84. The fourth-order valence-corrected chi connectivity index (χ4v) is 2.36. The first-order chi connectivity index (χ1) is 6.51. The van der Waals surface area contributed by atoms with Gasteiger partial charge in [-0.05, 0) is 18.2 Å². The predicted octanol–water partition coefficient (Wildman–Crippen LogP) is 2.14. The van der Waals surface area contributed by atoms with Crippen LogP contribution in [0.5, 0.6) is 5.75 Å². The van der Waals surface area contributed by atoms with Gasteiger partial charge in [-0.25, -0.2) is 8.42 Å². The van der Waals surface area contributed by atoms with Crippen LogP contribution in [-0.2, 0) is 9.84 Å². The molecule has 0 aliphatic heterocycles. The van der Waals surface area contributed by atoms with Gasteiger partial charge in [0.15, 0.2) is 9.84 Å². The molecule has 3 nitrogen and oxygen atoms in total. The van der Waals surface area contributed by atoms with Crippen LogP contribution in [0.1, 0.15) is 6.92 Å². The smallest absolute Gasteiger partial charge is 0.181 e. The fraction of sp³-hybridized carbons (Fsp3) is 0.333. The molecule has 5 heteroatoms. The third-order valence-corrected chi connectivity index (χ3v) is 3.83. The van der Waals surface area contributed by atoms with Crippen molar-refractivity contribution in [1.82, 2.24) is 0 Å². The third-order valence-electron chi connectivity index (χ3n) is 1.84. The molecule has 0 bridgehead atoms. The monoisotopic (exact) mass is 234 g/mol. The average Bonchev–Trinajstić information content (AvgIpc) is 2.18. The minimum Gasteiger partial charge on any atom is -0.495 e. The molecule has 1 rings (SSSR count). The molecule has 1 aromatic carbocycles. The van der Waals surface area contributed by atoms with Gasteiger partial charge in [-0.2, -0.15) is 0 Å². The molecule has 14 heavy (non-hydrogen) atoms. The van der Waals surface area contributed by atoms with Crippen LogP contribution in [0.25, 0.3) is 0 Å². The second-order valence-electron chi connectivity index (χ2n) is 2.70. The summed E-state index contributed by atoms with van der Waals surface area (Å²) in [6.45, 7) is 1.58. The third kappa shape index (κ3) is 2.19. The van der Waals surface area contributed by atoms with Crippen molar-refractivity contribution in [2.75, 3.05) is 12.9 Å². The lowest BCUT2D eigenvalue weighted by atomic mass is 10.3. The Kier molecular flexibility index (Phi) is 3.39. The Morgan fingerprint density at radius 2 is 2.07 bits per heavy atom. The number of hydrogen-bond donors (Lipinski definition) is 0. The average molecular weight is 235 g/mol. The number of benzene rings is 1. The summed E-state index contributed by atoms with van der Waals surface area (Å²) in [4.78, 5) is 0.148. The van der Waals surface area contributed by atoms with Gasteiger partial charge in [-0.3, -0.25) is 0 Å². The first-order valence-corrected chi connectivity index (χ1v) is 6.10. The van der Waals surface area contributed by atoms with Crippen molar-refractivity contribution in [3.63, 3.8) is 0 Å². The van der Waals surface area contributed by atoms with E-state index in [9.17, 15) is 8.42 Å². The standard InChI is InChI=1S/C9H11ClO3S/c1-3-14(11,12)9-6-7(10)4-5-8(9)13-2/h4-6H,3H2,1-2H3. The molecule has 0 atom stereocenters. The van der Waals surface area contributed by atoms with E-state index in [1.54, 1.807) is 19.1 Å². The molecule has 0 heterocycles. The second kappa shape index (κ2) is 4.19. The fourth-order valence-electron chi connectivity index (χ4n) is 1.05. The van der Waals surface area contributed by atoms with Crippen LogP contribution >= 0.6 is 11.6 Å². The van der Waals surface area contributed by atoms with Crippen molar-refractivity contribution >= 4 is 21.4 Å². The van der Waals surface area contributed by atoms with Gasteiger partial charge in [-0.1, -0.05) is 18.5 Å². The van der Waals surface area contributed by atoms with E-state index in [0.29, 0.717) is 10.8 Å². The number of sulfone groups is 1.